The monoisotopic (exact) mass is 336 g/mol. The third-order valence-electron chi connectivity index (χ3n) is 3.92. The molecule has 1 fully saturated rings. The lowest BCUT2D eigenvalue weighted by Gasteiger charge is -2.04. The molecule has 0 N–H and O–H groups in total. The van der Waals surface area contributed by atoms with Gasteiger partial charge in [-0.05, 0) is 6.07 Å². The number of fused-ring (bicyclic) bond motifs is 1. The standard InChI is InChI=1S/C15H11ClF2N4O/c16-14-9-6-19-22(12-5-11(12)18)15(23)13(9)20-21(14)7-8-3-1-2-4-10(8)17/h1-4,6,11-12H,5,7H2/t11-,12-/m1/s1. The highest BCUT2D eigenvalue weighted by atomic mass is 35.5. The summed E-state index contributed by atoms with van der Waals surface area (Å²) in [4.78, 5) is 12.4. The second-order valence-electron chi connectivity index (χ2n) is 5.52. The fourth-order valence-corrected chi connectivity index (χ4v) is 2.78. The fraction of sp³-hybridized carbons (Fsp3) is 0.267. The molecule has 0 unspecified atom stereocenters. The Labute approximate surface area is 134 Å². The lowest BCUT2D eigenvalue weighted by atomic mass is 10.2. The number of hydrogen-bond acceptors (Lipinski definition) is 3. The number of halogens is 3. The molecule has 0 bridgehead atoms. The maximum Gasteiger partial charge on any atom is 0.295 e. The van der Waals surface area contributed by atoms with E-state index in [-0.39, 0.29) is 29.5 Å². The molecular weight excluding hydrogens is 326 g/mol. The average Bonchev–Trinajstić information content (AvgIpc) is 3.17. The summed E-state index contributed by atoms with van der Waals surface area (Å²) >= 11 is 6.22. The van der Waals surface area contributed by atoms with Crippen molar-refractivity contribution in [3.63, 3.8) is 0 Å². The predicted octanol–water partition coefficient (Wildman–Crippen LogP) is 2.72. The molecule has 4 rings (SSSR count). The molecule has 0 amide bonds. The first-order valence-electron chi connectivity index (χ1n) is 7.07. The van der Waals surface area contributed by atoms with E-state index in [2.05, 4.69) is 10.2 Å². The molecule has 8 heteroatoms. The molecule has 2 aromatic heterocycles. The Morgan fingerprint density at radius 3 is 2.78 bits per heavy atom. The van der Waals surface area contributed by atoms with E-state index in [1.807, 2.05) is 0 Å². The van der Waals surface area contributed by atoms with Gasteiger partial charge in [-0.2, -0.15) is 10.2 Å². The third kappa shape index (κ3) is 2.31. The van der Waals surface area contributed by atoms with Crippen LogP contribution in [0.2, 0.25) is 5.15 Å². The van der Waals surface area contributed by atoms with Crippen molar-refractivity contribution in [2.75, 3.05) is 0 Å². The van der Waals surface area contributed by atoms with Crippen LogP contribution in [0.4, 0.5) is 8.78 Å². The molecule has 1 aliphatic rings. The summed E-state index contributed by atoms with van der Waals surface area (Å²) in [6, 6.07) is 5.73. The Bertz CT molecular complexity index is 968. The van der Waals surface area contributed by atoms with Crippen molar-refractivity contribution in [3.05, 3.63) is 57.3 Å². The molecule has 0 aliphatic heterocycles. The largest absolute Gasteiger partial charge is 0.295 e. The van der Waals surface area contributed by atoms with Gasteiger partial charge in [0.05, 0.1) is 24.2 Å². The second-order valence-corrected chi connectivity index (χ2v) is 5.87. The minimum Gasteiger partial charge on any atom is -0.265 e. The molecule has 2 atom stereocenters. The van der Waals surface area contributed by atoms with Gasteiger partial charge in [-0.15, -0.1) is 0 Å². The summed E-state index contributed by atoms with van der Waals surface area (Å²) in [5.41, 5.74) is 0.0313. The molecule has 1 aromatic carbocycles. The van der Waals surface area contributed by atoms with Crippen LogP contribution in [0, 0.1) is 5.82 Å². The highest BCUT2D eigenvalue weighted by Gasteiger charge is 2.41. The van der Waals surface area contributed by atoms with Crippen LogP contribution in [-0.4, -0.2) is 25.7 Å². The summed E-state index contributed by atoms with van der Waals surface area (Å²) < 4.78 is 29.4. The Morgan fingerprint density at radius 1 is 1.35 bits per heavy atom. The predicted molar refractivity (Wildman–Crippen MR) is 80.9 cm³/mol. The number of hydrogen-bond donors (Lipinski definition) is 0. The van der Waals surface area contributed by atoms with Gasteiger partial charge in [-0.25, -0.2) is 18.1 Å². The normalized spacial score (nSPS) is 20.1. The van der Waals surface area contributed by atoms with Gasteiger partial charge in [0, 0.05) is 12.0 Å². The van der Waals surface area contributed by atoms with Gasteiger partial charge < -0.3 is 0 Å². The molecule has 0 saturated heterocycles. The lowest BCUT2D eigenvalue weighted by Crippen LogP contribution is -2.22. The molecule has 118 valence electrons. The molecule has 3 aromatic rings. The SMILES string of the molecule is O=c1c2nn(Cc3ccccc3F)c(Cl)c2cnn1[C@@H]1C[C@H]1F. The van der Waals surface area contributed by atoms with E-state index >= 15 is 0 Å². The summed E-state index contributed by atoms with van der Waals surface area (Å²) in [7, 11) is 0. The van der Waals surface area contributed by atoms with Gasteiger partial charge in [-0.1, -0.05) is 29.8 Å². The van der Waals surface area contributed by atoms with Gasteiger partial charge >= 0.3 is 0 Å². The van der Waals surface area contributed by atoms with Crippen LogP contribution in [0.3, 0.4) is 0 Å². The van der Waals surface area contributed by atoms with Gasteiger partial charge in [0.25, 0.3) is 5.56 Å². The Hall–Kier alpha value is -2.28. The molecule has 5 nitrogen and oxygen atoms in total. The first-order valence-corrected chi connectivity index (χ1v) is 7.45. The van der Waals surface area contributed by atoms with Crippen LogP contribution >= 0.6 is 11.6 Å². The van der Waals surface area contributed by atoms with E-state index in [1.165, 1.54) is 16.9 Å². The zero-order valence-electron chi connectivity index (χ0n) is 11.8. The van der Waals surface area contributed by atoms with Gasteiger partial charge in [0.1, 0.15) is 17.1 Å². The van der Waals surface area contributed by atoms with Crippen molar-refractivity contribution >= 4 is 22.5 Å². The zero-order chi connectivity index (χ0) is 16.1. The molecule has 0 radical (unpaired) electrons. The van der Waals surface area contributed by atoms with E-state index in [0.717, 1.165) is 4.68 Å². The third-order valence-corrected chi connectivity index (χ3v) is 4.32. The smallest absolute Gasteiger partial charge is 0.265 e. The van der Waals surface area contributed by atoms with Crippen LogP contribution in [0.5, 0.6) is 0 Å². The molecule has 1 aliphatic carbocycles. The first kappa shape index (κ1) is 14.3. The first-order chi connectivity index (χ1) is 11.1. The van der Waals surface area contributed by atoms with Crippen LogP contribution < -0.4 is 5.56 Å². The van der Waals surface area contributed by atoms with E-state index in [9.17, 15) is 13.6 Å². The van der Waals surface area contributed by atoms with Crippen molar-refractivity contribution in [3.8, 4) is 0 Å². The summed E-state index contributed by atoms with van der Waals surface area (Å²) in [6.07, 6.45) is 0.630. The van der Waals surface area contributed by atoms with Crippen molar-refractivity contribution in [1.29, 1.82) is 0 Å². The summed E-state index contributed by atoms with van der Waals surface area (Å²) in [5.74, 6) is -0.378. The number of aromatic nitrogens is 4. The van der Waals surface area contributed by atoms with E-state index < -0.39 is 17.8 Å². The van der Waals surface area contributed by atoms with Crippen molar-refractivity contribution in [2.24, 2.45) is 0 Å². The summed E-state index contributed by atoms with van der Waals surface area (Å²) in [5, 5.41) is 8.71. The van der Waals surface area contributed by atoms with Crippen LogP contribution in [0.25, 0.3) is 10.9 Å². The minimum absolute atomic E-state index is 0.0921. The second kappa shape index (κ2) is 5.13. The number of alkyl halides is 1. The molecule has 0 spiro atoms. The number of benzene rings is 1. The van der Waals surface area contributed by atoms with E-state index in [4.69, 9.17) is 11.6 Å². The average molecular weight is 337 g/mol. The quantitative estimate of drug-likeness (QED) is 0.739. The van der Waals surface area contributed by atoms with Gasteiger partial charge in [-0.3, -0.25) is 4.79 Å². The highest BCUT2D eigenvalue weighted by molar-refractivity contribution is 6.34. The topological polar surface area (TPSA) is 52.7 Å². The maximum atomic E-state index is 13.8. The van der Waals surface area contributed by atoms with E-state index in [0.29, 0.717) is 10.9 Å². The van der Waals surface area contributed by atoms with Gasteiger partial charge in [0.15, 0.2) is 5.52 Å². The van der Waals surface area contributed by atoms with Crippen LogP contribution in [-0.2, 0) is 6.54 Å². The molecule has 2 heterocycles. The molecular formula is C15H11ClF2N4O. The van der Waals surface area contributed by atoms with Crippen molar-refractivity contribution in [1.82, 2.24) is 19.6 Å². The van der Waals surface area contributed by atoms with Gasteiger partial charge in [0.2, 0.25) is 0 Å². The lowest BCUT2D eigenvalue weighted by molar-refractivity contribution is 0.423. The highest BCUT2D eigenvalue weighted by Crippen LogP contribution is 2.37. The summed E-state index contributed by atoms with van der Waals surface area (Å²) in [6.45, 7) is 0.0921. The molecule has 1 saturated carbocycles. The van der Waals surface area contributed by atoms with Crippen molar-refractivity contribution < 1.29 is 8.78 Å². The van der Waals surface area contributed by atoms with Crippen LogP contribution in [0.1, 0.15) is 18.0 Å². The Morgan fingerprint density at radius 2 is 2.09 bits per heavy atom. The number of rotatable bonds is 3. The van der Waals surface area contributed by atoms with E-state index in [1.54, 1.807) is 18.2 Å². The number of nitrogens with zero attached hydrogens (tertiary/aromatic N) is 4. The maximum absolute atomic E-state index is 13.8. The minimum atomic E-state index is -1.05. The van der Waals surface area contributed by atoms with Crippen molar-refractivity contribution in [2.45, 2.75) is 25.2 Å². The Kier molecular flexibility index (Phi) is 3.19. The molecule has 23 heavy (non-hydrogen) atoms. The van der Waals surface area contributed by atoms with Crippen LogP contribution in [0.15, 0.2) is 35.3 Å². The zero-order valence-corrected chi connectivity index (χ0v) is 12.5. The Balaban J connectivity index is 1.80. The fourth-order valence-electron chi connectivity index (χ4n) is 2.54.